The number of aliphatic hydroxyl groups is 1. The van der Waals surface area contributed by atoms with E-state index in [0.29, 0.717) is 17.8 Å². The average Bonchev–Trinajstić information content (AvgIpc) is 3.55. The molecule has 12 atom stereocenters. The van der Waals surface area contributed by atoms with Crippen molar-refractivity contribution in [2.24, 2.45) is 62.3 Å². The van der Waals surface area contributed by atoms with Crippen LogP contribution in [-0.2, 0) is 28.7 Å². The van der Waals surface area contributed by atoms with Gasteiger partial charge in [0.2, 0.25) is 0 Å². The van der Waals surface area contributed by atoms with Crippen LogP contribution in [0.2, 0.25) is 0 Å². The molecule has 5 rings (SSSR count). The number of aliphatic hydroxyl groups excluding tert-OH is 1. The van der Waals surface area contributed by atoms with Crippen LogP contribution in [0.1, 0.15) is 87.0 Å². The van der Waals surface area contributed by atoms with Crippen molar-refractivity contribution in [2.75, 3.05) is 13.7 Å². The lowest BCUT2D eigenvalue weighted by molar-refractivity contribution is -0.166. The Morgan fingerprint density at radius 2 is 1.81 bits per heavy atom. The van der Waals surface area contributed by atoms with Crippen LogP contribution >= 0.6 is 0 Å². The molecule has 1 N–H and O–H groups in total. The standard InChI is InChI=1S/C35H51NO7/c1-19(17-37)20(2)30(40)31(43-24(6)39)22(4)29-27(42-23(5)38)16-33(8)28-11-10-25-21(3)26(36-41-9)12-13-34(25)18-35(28,34)15-14-32(29,33)7/h12-13,19,21-22,25,27-29,31,37H,2,10-11,14-18H2,1,3-9H3/t19-,21-,22-,25-,27-,28-,29-,31+,32+,33-,34+,35-/m0/s1. The molecule has 0 radical (unpaired) electrons. The lowest BCUT2D eigenvalue weighted by Crippen LogP contribution is -2.56. The van der Waals surface area contributed by atoms with Gasteiger partial charge < -0.3 is 19.4 Å². The third-order valence-corrected chi connectivity index (χ3v) is 13.3. The van der Waals surface area contributed by atoms with Crippen LogP contribution in [0.25, 0.3) is 0 Å². The number of nitrogens with zero attached hydrogens (tertiary/aromatic N) is 1. The Balaban J connectivity index is 1.53. The molecule has 4 fully saturated rings. The van der Waals surface area contributed by atoms with E-state index in [-0.39, 0.29) is 51.5 Å². The SMILES string of the molecule is C=C(C(=O)[C@H](OC(C)=O)[C@@H](C)[C@H]1[C@@H](OC(C)=O)C[C@@]2(C)[C@@H]3CC[C@H]4[C@H](C)C(=NOC)C=C[C@@]45C[C@@]35CC[C@]12C)[C@@H](C)CO. The van der Waals surface area contributed by atoms with E-state index in [1.807, 2.05) is 6.92 Å². The van der Waals surface area contributed by atoms with Gasteiger partial charge in [-0.3, -0.25) is 14.4 Å². The van der Waals surface area contributed by atoms with Crippen molar-refractivity contribution in [3.63, 3.8) is 0 Å². The number of ether oxygens (including phenoxy) is 2. The summed E-state index contributed by atoms with van der Waals surface area (Å²) in [6.07, 6.45) is 9.28. The Hall–Kier alpha value is -2.48. The molecule has 2 spiro atoms. The van der Waals surface area contributed by atoms with Crippen LogP contribution in [0, 0.1) is 57.2 Å². The third-order valence-electron chi connectivity index (χ3n) is 13.3. The molecule has 8 heteroatoms. The number of ketones is 1. The van der Waals surface area contributed by atoms with E-state index in [0.717, 1.165) is 37.8 Å². The maximum atomic E-state index is 13.8. The summed E-state index contributed by atoms with van der Waals surface area (Å²) in [6.45, 7) is 17.2. The fraction of sp³-hybridized carbons (Fsp3) is 0.771. The van der Waals surface area contributed by atoms with Crippen LogP contribution in [0.5, 0.6) is 0 Å². The highest BCUT2D eigenvalue weighted by Crippen LogP contribution is 2.87. The van der Waals surface area contributed by atoms with E-state index in [1.54, 1.807) is 14.0 Å². The van der Waals surface area contributed by atoms with Crippen LogP contribution < -0.4 is 0 Å². The zero-order valence-electron chi connectivity index (χ0n) is 27.3. The van der Waals surface area contributed by atoms with Crippen molar-refractivity contribution >= 4 is 23.4 Å². The summed E-state index contributed by atoms with van der Waals surface area (Å²) in [6, 6.07) is 0. The Bertz CT molecular complexity index is 1260. The molecule has 0 heterocycles. The summed E-state index contributed by atoms with van der Waals surface area (Å²) in [4.78, 5) is 43.8. The maximum Gasteiger partial charge on any atom is 0.303 e. The molecule has 0 aromatic rings. The fourth-order valence-corrected chi connectivity index (χ4v) is 11.2. The summed E-state index contributed by atoms with van der Waals surface area (Å²) < 4.78 is 11.9. The number of allylic oxidation sites excluding steroid dienone is 2. The van der Waals surface area contributed by atoms with Crippen LogP contribution in [0.15, 0.2) is 29.5 Å². The first-order chi connectivity index (χ1) is 20.1. The molecule has 43 heavy (non-hydrogen) atoms. The van der Waals surface area contributed by atoms with Gasteiger partial charge in [-0.1, -0.05) is 52.4 Å². The van der Waals surface area contributed by atoms with Gasteiger partial charge in [0, 0.05) is 44.1 Å². The molecule has 0 aromatic carbocycles. The molecule has 0 bridgehead atoms. The molecule has 0 amide bonds. The number of Topliss-reactive ketones (excluding diaryl/α,β-unsaturated/α-hetero) is 1. The van der Waals surface area contributed by atoms with Crippen molar-refractivity contribution in [2.45, 2.75) is 99.2 Å². The van der Waals surface area contributed by atoms with Crippen molar-refractivity contribution < 1.29 is 33.8 Å². The summed E-state index contributed by atoms with van der Waals surface area (Å²) in [5.41, 5.74) is 1.22. The van der Waals surface area contributed by atoms with Gasteiger partial charge in [0.1, 0.15) is 13.2 Å². The summed E-state index contributed by atoms with van der Waals surface area (Å²) >= 11 is 0. The van der Waals surface area contributed by atoms with E-state index < -0.39 is 30.0 Å². The molecule has 8 nitrogen and oxygen atoms in total. The molecule has 5 aliphatic rings. The van der Waals surface area contributed by atoms with Gasteiger partial charge in [0.05, 0.1) is 5.71 Å². The average molecular weight is 598 g/mol. The molecule has 5 aliphatic carbocycles. The van der Waals surface area contributed by atoms with Crippen molar-refractivity contribution in [1.82, 2.24) is 0 Å². The maximum absolute atomic E-state index is 13.8. The van der Waals surface area contributed by atoms with Crippen molar-refractivity contribution in [3.8, 4) is 0 Å². The minimum Gasteiger partial charge on any atom is -0.462 e. The van der Waals surface area contributed by atoms with Gasteiger partial charge in [-0.15, -0.1) is 0 Å². The number of esters is 2. The first-order valence-corrected chi connectivity index (χ1v) is 16.1. The molecule has 0 aromatic heterocycles. The van der Waals surface area contributed by atoms with Crippen LogP contribution in [0.3, 0.4) is 0 Å². The Kier molecular flexibility index (Phi) is 8.06. The highest BCUT2D eigenvalue weighted by atomic mass is 16.6. The normalized spacial score (nSPS) is 43.7. The van der Waals surface area contributed by atoms with E-state index in [4.69, 9.17) is 14.3 Å². The molecular formula is C35H51NO7. The number of carbonyl (C=O) groups excluding carboxylic acids is 3. The number of hydrogen-bond donors (Lipinski definition) is 1. The highest BCUT2D eigenvalue weighted by molar-refractivity contribution is 6.00. The first-order valence-electron chi connectivity index (χ1n) is 16.1. The van der Waals surface area contributed by atoms with Gasteiger partial charge in [0.25, 0.3) is 0 Å². The van der Waals surface area contributed by atoms with Gasteiger partial charge in [-0.2, -0.15) is 0 Å². The number of fused-ring (bicyclic) bond motifs is 2. The monoisotopic (exact) mass is 597 g/mol. The summed E-state index contributed by atoms with van der Waals surface area (Å²) in [5.74, 6) is -1.01. The second-order valence-corrected chi connectivity index (χ2v) is 15.0. The minimum absolute atomic E-state index is 0.143. The third kappa shape index (κ3) is 4.47. The second-order valence-electron chi connectivity index (χ2n) is 15.0. The molecule has 0 saturated heterocycles. The predicted molar refractivity (Wildman–Crippen MR) is 163 cm³/mol. The smallest absolute Gasteiger partial charge is 0.303 e. The van der Waals surface area contributed by atoms with E-state index in [2.05, 4.69) is 44.7 Å². The zero-order chi connectivity index (χ0) is 31.7. The molecular weight excluding hydrogens is 546 g/mol. The fourth-order valence-electron chi connectivity index (χ4n) is 11.2. The van der Waals surface area contributed by atoms with Crippen LogP contribution in [-0.4, -0.2) is 54.5 Å². The lowest BCUT2D eigenvalue weighted by atomic mass is 9.43. The van der Waals surface area contributed by atoms with Crippen molar-refractivity contribution in [1.29, 1.82) is 0 Å². The Morgan fingerprint density at radius 1 is 1.12 bits per heavy atom. The van der Waals surface area contributed by atoms with Crippen LogP contribution in [0.4, 0.5) is 0 Å². The quantitative estimate of drug-likeness (QED) is 0.207. The summed E-state index contributed by atoms with van der Waals surface area (Å²) in [7, 11) is 1.61. The first kappa shape index (κ1) is 31.9. The summed E-state index contributed by atoms with van der Waals surface area (Å²) in [5, 5.41) is 14.0. The van der Waals surface area contributed by atoms with Gasteiger partial charge >= 0.3 is 11.9 Å². The molecule has 4 saturated carbocycles. The zero-order valence-corrected chi connectivity index (χ0v) is 27.3. The number of rotatable bonds is 9. The Labute approximate surface area is 256 Å². The number of oxime groups is 1. The van der Waals surface area contributed by atoms with E-state index in [1.165, 1.54) is 20.3 Å². The topological polar surface area (TPSA) is 111 Å². The predicted octanol–water partition coefficient (Wildman–Crippen LogP) is 5.68. The number of hydrogen-bond acceptors (Lipinski definition) is 8. The van der Waals surface area contributed by atoms with Gasteiger partial charge in [-0.25, -0.2) is 0 Å². The Morgan fingerprint density at radius 3 is 2.42 bits per heavy atom. The van der Waals surface area contributed by atoms with E-state index >= 15 is 0 Å². The molecule has 238 valence electrons. The van der Waals surface area contributed by atoms with Crippen molar-refractivity contribution in [3.05, 3.63) is 24.3 Å². The highest BCUT2D eigenvalue weighted by Gasteiger charge is 2.81. The van der Waals surface area contributed by atoms with E-state index in [9.17, 15) is 19.5 Å². The molecule has 0 aliphatic heterocycles. The number of carbonyl (C=O) groups is 3. The largest absolute Gasteiger partial charge is 0.462 e. The van der Waals surface area contributed by atoms with Gasteiger partial charge in [0.15, 0.2) is 11.9 Å². The minimum atomic E-state index is -1.07. The lowest BCUT2D eigenvalue weighted by Gasteiger charge is -2.61. The molecule has 0 unspecified atom stereocenters. The van der Waals surface area contributed by atoms with Gasteiger partial charge in [-0.05, 0) is 83.7 Å². The second kappa shape index (κ2) is 10.8.